The maximum atomic E-state index is 6.49. The van der Waals surface area contributed by atoms with Crippen LogP contribution in [0.5, 0.6) is 0 Å². The lowest BCUT2D eigenvalue weighted by Gasteiger charge is -2.11. The molecular formula is C14H16ClNO. The van der Waals surface area contributed by atoms with Gasteiger partial charge in [-0.3, -0.25) is 0 Å². The fraction of sp³-hybridized carbons (Fsp3) is 0.500. The Morgan fingerprint density at radius 1 is 1.41 bits per heavy atom. The van der Waals surface area contributed by atoms with Gasteiger partial charge < -0.3 is 4.52 Å². The van der Waals surface area contributed by atoms with Gasteiger partial charge in [0.1, 0.15) is 0 Å². The van der Waals surface area contributed by atoms with Crippen molar-refractivity contribution in [3.05, 3.63) is 27.9 Å². The topological polar surface area (TPSA) is 26.0 Å². The number of hydrogen-bond donors (Lipinski definition) is 0. The highest BCUT2D eigenvalue weighted by atomic mass is 35.5. The first kappa shape index (κ1) is 11.1. The summed E-state index contributed by atoms with van der Waals surface area (Å²) in [5.74, 6) is 1.02. The van der Waals surface area contributed by atoms with Gasteiger partial charge in [-0.25, -0.2) is 0 Å². The highest BCUT2D eigenvalue weighted by molar-refractivity contribution is 6.36. The Hall–Kier alpha value is -1.02. The molecule has 2 aromatic rings. The highest BCUT2D eigenvalue weighted by Gasteiger charge is 2.30. The quantitative estimate of drug-likeness (QED) is 0.765. The molecule has 3 heteroatoms. The van der Waals surface area contributed by atoms with Crippen LogP contribution in [0, 0.1) is 6.92 Å². The largest absolute Gasteiger partial charge is 0.356 e. The summed E-state index contributed by atoms with van der Waals surface area (Å²) in [4.78, 5) is 0. The van der Waals surface area contributed by atoms with E-state index in [2.05, 4.69) is 32.0 Å². The highest BCUT2D eigenvalue weighted by Crippen LogP contribution is 2.45. The van der Waals surface area contributed by atoms with E-state index in [1.165, 1.54) is 24.0 Å². The predicted molar refractivity (Wildman–Crippen MR) is 69.8 cm³/mol. The van der Waals surface area contributed by atoms with E-state index in [0.29, 0.717) is 11.8 Å². The molecule has 1 aromatic heterocycles. The zero-order valence-corrected chi connectivity index (χ0v) is 11.1. The van der Waals surface area contributed by atoms with Crippen molar-refractivity contribution in [2.75, 3.05) is 0 Å². The van der Waals surface area contributed by atoms with Crippen LogP contribution in [0.3, 0.4) is 0 Å². The van der Waals surface area contributed by atoms with Crippen molar-refractivity contribution in [1.82, 2.24) is 5.16 Å². The second kappa shape index (κ2) is 3.74. The Morgan fingerprint density at radius 3 is 2.71 bits per heavy atom. The number of halogens is 1. The van der Waals surface area contributed by atoms with Gasteiger partial charge in [-0.15, -0.1) is 0 Å². The van der Waals surface area contributed by atoms with Crippen molar-refractivity contribution in [3.8, 4) is 0 Å². The van der Waals surface area contributed by atoms with Crippen LogP contribution in [-0.4, -0.2) is 5.16 Å². The summed E-state index contributed by atoms with van der Waals surface area (Å²) in [5.41, 5.74) is 4.31. The number of aromatic nitrogens is 1. The second-order valence-electron chi connectivity index (χ2n) is 5.27. The number of benzene rings is 1. The van der Waals surface area contributed by atoms with Gasteiger partial charge in [-0.1, -0.05) is 30.6 Å². The Labute approximate surface area is 106 Å². The van der Waals surface area contributed by atoms with Gasteiger partial charge in [-0.2, -0.15) is 0 Å². The van der Waals surface area contributed by atoms with Crippen LogP contribution in [0.25, 0.3) is 11.0 Å². The number of nitrogens with zero attached hydrogens (tertiary/aromatic N) is 1. The zero-order valence-electron chi connectivity index (χ0n) is 10.4. The van der Waals surface area contributed by atoms with Crippen LogP contribution in [0.4, 0.5) is 0 Å². The molecule has 3 rings (SSSR count). The Bertz CT molecular complexity index is 581. The van der Waals surface area contributed by atoms with E-state index in [0.717, 1.165) is 21.7 Å². The third kappa shape index (κ3) is 1.66. The van der Waals surface area contributed by atoms with Crippen molar-refractivity contribution < 1.29 is 4.52 Å². The molecule has 1 heterocycles. The molecule has 17 heavy (non-hydrogen) atoms. The van der Waals surface area contributed by atoms with Gasteiger partial charge in [0.15, 0.2) is 5.58 Å². The molecule has 1 fully saturated rings. The second-order valence-corrected chi connectivity index (χ2v) is 5.65. The summed E-state index contributed by atoms with van der Waals surface area (Å²) in [5, 5.41) is 6.07. The average molecular weight is 250 g/mol. The Balaban J connectivity index is 2.29. The summed E-state index contributed by atoms with van der Waals surface area (Å²) < 4.78 is 5.44. The van der Waals surface area contributed by atoms with Crippen LogP contribution in [0.1, 0.15) is 55.3 Å². The lowest BCUT2D eigenvalue weighted by molar-refractivity contribution is 0.446. The summed E-state index contributed by atoms with van der Waals surface area (Å²) >= 11 is 6.49. The fourth-order valence-electron chi connectivity index (χ4n) is 2.43. The lowest BCUT2D eigenvalue weighted by atomic mass is 9.95. The molecule has 90 valence electrons. The molecule has 0 bridgehead atoms. The Kier molecular flexibility index (Phi) is 2.44. The van der Waals surface area contributed by atoms with Crippen LogP contribution in [0.2, 0.25) is 5.02 Å². The third-order valence-electron chi connectivity index (χ3n) is 3.60. The zero-order chi connectivity index (χ0) is 12.2. The van der Waals surface area contributed by atoms with Gasteiger partial charge in [0.2, 0.25) is 0 Å². The standard InChI is InChI=1S/C14H16ClNO/c1-7(2)10-6-11-12(13(15)8(10)3)14(16-17-11)9-4-5-9/h6-7,9H,4-5H2,1-3H3. The third-order valence-corrected chi connectivity index (χ3v) is 4.07. The van der Waals surface area contributed by atoms with Gasteiger partial charge in [0.05, 0.1) is 16.1 Å². The normalized spacial score (nSPS) is 16.1. The number of rotatable bonds is 2. The predicted octanol–water partition coefficient (Wildman–Crippen LogP) is 4.79. The van der Waals surface area contributed by atoms with E-state index in [4.69, 9.17) is 16.1 Å². The maximum Gasteiger partial charge on any atom is 0.168 e. The summed E-state index contributed by atoms with van der Waals surface area (Å²) in [6, 6.07) is 2.10. The first-order valence-electron chi connectivity index (χ1n) is 6.18. The minimum absolute atomic E-state index is 0.450. The molecule has 1 aromatic carbocycles. The van der Waals surface area contributed by atoms with E-state index in [1.54, 1.807) is 0 Å². The van der Waals surface area contributed by atoms with E-state index in [9.17, 15) is 0 Å². The van der Waals surface area contributed by atoms with Crippen molar-refractivity contribution in [2.24, 2.45) is 0 Å². The lowest BCUT2D eigenvalue weighted by Crippen LogP contribution is -1.93. The molecule has 2 nitrogen and oxygen atoms in total. The van der Waals surface area contributed by atoms with Gasteiger partial charge in [0, 0.05) is 5.92 Å². The molecule has 0 aliphatic heterocycles. The number of hydrogen-bond acceptors (Lipinski definition) is 2. The molecule has 0 saturated heterocycles. The molecule has 1 saturated carbocycles. The maximum absolute atomic E-state index is 6.49. The molecular weight excluding hydrogens is 234 g/mol. The van der Waals surface area contributed by atoms with Crippen molar-refractivity contribution in [2.45, 2.75) is 45.4 Å². The molecule has 0 N–H and O–H groups in total. The summed E-state index contributed by atoms with van der Waals surface area (Å²) in [6.07, 6.45) is 2.42. The Morgan fingerprint density at radius 2 is 2.12 bits per heavy atom. The molecule has 1 aliphatic carbocycles. The minimum Gasteiger partial charge on any atom is -0.356 e. The van der Waals surface area contributed by atoms with E-state index in [-0.39, 0.29) is 0 Å². The SMILES string of the molecule is Cc1c(C(C)C)cc2onc(C3CC3)c2c1Cl. The molecule has 1 aliphatic rings. The van der Waals surface area contributed by atoms with Crippen LogP contribution < -0.4 is 0 Å². The average Bonchev–Trinajstić information content (AvgIpc) is 3.03. The van der Waals surface area contributed by atoms with Crippen LogP contribution in [0.15, 0.2) is 10.6 Å². The molecule has 0 amide bonds. The smallest absolute Gasteiger partial charge is 0.168 e. The molecule has 0 unspecified atom stereocenters. The first-order valence-corrected chi connectivity index (χ1v) is 6.55. The van der Waals surface area contributed by atoms with Gasteiger partial charge in [-0.05, 0) is 42.9 Å². The van der Waals surface area contributed by atoms with Crippen molar-refractivity contribution in [3.63, 3.8) is 0 Å². The van der Waals surface area contributed by atoms with E-state index < -0.39 is 0 Å². The molecule has 0 spiro atoms. The summed E-state index contributed by atoms with van der Waals surface area (Å²) in [7, 11) is 0. The number of fused-ring (bicyclic) bond motifs is 1. The fourth-order valence-corrected chi connectivity index (χ4v) is 2.73. The van der Waals surface area contributed by atoms with Crippen LogP contribution in [-0.2, 0) is 0 Å². The molecule has 0 radical (unpaired) electrons. The van der Waals surface area contributed by atoms with Gasteiger partial charge in [0.25, 0.3) is 0 Å². The van der Waals surface area contributed by atoms with Crippen molar-refractivity contribution >= 4 is 22.6 Å². The summed E-state index contributed by atoms with van der Waals surface area (Å²) in [6.45, 7) is 6.42. The van der Waals surface area contributed by atoms with Gasteiger partial charge >= 0.3 is 0 Å². The van der Waals surface area contributed by atoms with Crippen molar-refractivity contribution in [1.29, 1.82) is 0 Å². The van der Waals surface area contributed by atoms with E-state index in [1.807, 2.05) is 0 Å². The van der Waals surface area contributed by atoms with E-state index >= 15 is 0 Å². The monoisotopic (exact) mass is 249 g/mol. The first-order chi connectivity index (χ1) is 8.09. The van der Waals surface area contributed by atoms with Crippen LogP contribution >= 0.6 is 11.6 Å². The molecule has 0 atom stereocenters. The minimum atomic E-state index is 0.450.